The van der Waals surface area contributed by atoms with Crippen LogP contribution in [-0.2, 0) is 19.6 Å². The molecule has 0 aliphatic heterocycles. The molecule has 1 atom stereocenters. The zero-order valence-corrected chi connectivity index (χ0v) is 12.9. The van der Waals surface area contributed by atoms with Gasteiger partial charge in [0.1, 0.15) is 10.3 Å². The fraction of sp³-hybridized carbons (Fsp3) is 0.444. The minimum Gasteiger partial charge on any atom is -0.480 e. The van der Waals surface area contributed by atoms with Gasteiger partial charge in [-0.2, -0.15) is 4.72 Å². The van der Waals surface area contributed by atoms with E-state index >= 15 is 0 Å². The SMILES string of the molecule is COCC(NS(=O)(=O)c1cc(C)c(Br)s1)C(=O)O. The minimum absolute atomic E-state index is 0.0641. The molecule has 2 N–H and O–H groups in total. The van der Waals surface area contributed by atoms with Crippen molar-refractivity contribution in [3.8, 4) is 0 Å². The number of methoxy groups -OCH3 is 1. The lowest BCUT2D eigenvalue weighted by Crippen LogP contribution is -2.43. The van der Waals surface area contributed by atoms with Crippen LogP contribution in [0.3, 0.4) is 0 Å². The number of ether oxygens (including phenoxy) is 1. The molecule has 18 heavy (non-hydrogen) atoms. The van der Waals surface area contributed by atoms with Crippen molar-refractivity contribution in [2.24, 2.45) is 0 Å². The van der Waals surface area contributed by atoms with Crippen molar-refractivity contribution < 1.29 is 23.1 Å². The predicted octanol–water partition coefficient (Wildman–Crippen LogP) is 1.20. The van der Waals surface area contributed by atoms with E-state index in [0.717, 1.165) is 16.9 Å². The average molecular weight is 358 g/mol. The molecule has 6 nitrogen and oxygen atoms in total. The first-order valence-electron chi connectivity index (χ1n) is 4.78. The first-order valence-corrected chi connectivity index (χ1v) is 7.87. The lowest BCUT2D eigenvalue weighted by Gasteiger charge is -2.12. The normalized spacial score (nSPS) is 13.5. The maximum Gasteiger partial charge on any atom is 0.324 e. The van der Waals surface area contributed by atoms with Gasteiger partial charge in [-0.15, -0.1) is 11.3 Å². The summed E-state index contributed by atoms with van der Waals surface area (Å²) >= 11 is 4.25. The zero-order chi connectivity index (χ0) is 13.9. The van der Waals surface area contributed by atoms with Crippen LogP contribution in [0.2, 0.25) is 0 Å². The molecule has 0 spiro atoms. The summed E-state index contributed by atoms with van der Waals surface area (Å²) in [5.41, 5.74) is 0.777. The number of carboxylic acid groups (broad SMARTS) is 1. The highest BCUT2D eigenvalue weighted by Crippen LogP contribution is 2.30. The molecular formula is C9H12BrNO5S2. The van der Waals surface area contributed by atoms with Gasteiger partial charge in [-0.25, -0.2) is 8.42 Å². The Balaban J connectivity index is 2.96. The van der Waals surface area contributed by atoms with Crippen LogP contribution >= 0.6 is 27.3 Å². The van der Waals surface area contributed by atoms with Crippen LogP contribution in [0.25, 0.3) is 0 Å². The molecule has 0 aromatic carbocycles. The largest absolute Gasteiger partial charge is 0.480 e. The van der Waals surface area contributed by atoms with Crippen LogP contribution < -0.4 is 4.72 Å². The molecule has 0 aliphatic rings. The monoisotopic (exact) mass is 357 g/mol. The Hall–Kier alpha value is -0.480. The fourth-order valence-corrected chi connectivity index (χ4v) is 4.55. The van der Waals surface area contributed by atoms with E-state index in [4.69, 9.17) is 5.11 Å². The Bertz CT molecular complexity index is 520. The van der Waals surface area contributed by atoms with Gasteiger partial charge < -0.3 is 9.84 Å². The van der Waals surface area contributed by atoms with E-state index in [1.807, 2.05) is 0 Å². The molecule has 102 valence electrons. The molecule has 1 aromatic rings. The smallest absolute Gasteiger partial charge is 0.324 e. The highest BCUT2D eigenvalue weighted by molar-refractivity contribution is 9.11. The number of nitrogens with one attached hydrogen (secondary N) is 1. The Morgan fingerprint density at radius 3 is 2.67 bits per heavy atom. The second kappa shape index (κ2) is 6.11. The average Bonchev–Trinajstić information content (AvgIpc) is 2.59. The number of halogens is 1. The van der Waals surface area contributed by atoms with Gasteiger partial charge in [0.05, 0.1) is 10.4 Å². The molecule has 0 saturated carbocycles. The number of aryl methyl sites for hydroxylation is 1. The number of thiophene rings is 1. The van der Waals surface area contributed by atoms with E-state index in [-0.39, 0.29) is 10.8 Å². The Morgan fingerprint density at radius 2 is 2.28 bits per heavy atom. The van der Waals surface area contributed by atoms with Gasteiger partial charge in [0.25, 0.3) is 10.0 Å². The van der Waals surface area contributed by atoms with Crippen molar-refractivity contribution in [1.82, 2.24) is 4.72 Å². The lowest BCUT2D eigenvalue weighted by molar-refractivity contribution is -0.140. The highest BCUT2D eigenvalue weighted by atomic mass is 79.9. The third kappa shape index (κ3) is 3.75. The van der Waals surface area contributed by atoms with Crippen molar-refractivity contribution in [2.75, 3.05) is 13.7 Å². The Morgan fingerprint density at radius 1 is 1.67 bits per heavy atom. The summed E-state index contributed by atoms with van der Waals surface area (Å²) in [6.07, 6.45) is 0. The van der Waals surface area contributed by atoms with Gasteiger partial charge in [0.15, 0.2) is 0 Å². The zero-order valence-electron chi connectivity index (χ0n) is 9.64. The third-order valence-corrected chi connectivity index (χ3v) is 6.11. The first-order chi connectivity index (χ1) is 8.27. The van der Waals surface area contributed by atoms with E-state index in [9.17, 15) is 13.2 Å². The summed E-state index contributed by atoms with van der Waals surface area (Å²) < 4.78 is 31.4. The van der Waals surface area contributed by atoms with Crippen molar-refractivity contribution in [3.05, 3.63) is 15.4 Å². The van der Waals surface area contributed by atoms with Crippen LogP contribution in [0.15, 0.2) is 14.1 Å². The van der Waals surface area contributed by atoms with E-state index in [2.05, 4.69) is 25.4 Å². The highest BCUT2D eigenvalue weighted by Gasteiger charge is 2.26. The Kier molecular flexibility index (Phi) is 5.29. The van der Waals surface area contributed by atoms with E-state index in [0.29, 0.717) is 3.79 Å². The summed E-state index contributed by atoms with van der Waals surface area (Å²) in [5, 5.41) is 8.86. The second-order valence-corrected chi connectivity index (χ2v) is 7.80. The quantitative estimate of drug-likeness (QED) is 0.797. The number of carbonyl (C=O) groups is 1. The molecule has 0 aliphatic carbocycles. The standard InChI is InChI=1S/C9H12BrNO5S2/c1-5-3-7(17-8(5)10)18(14,15)11-6(4-16-2)9(12)13/h3,6,11H,4H2,1-2H3,(H,12,13). The number of hydrogen-bond donors (Lipinski definition) is 2. The van der Waals surface area contributed by atoms with Crippen molar-refractivity contribution in [3.63, 3.8) is 0 Å². The topological polar surface area (TPSA) is 92.7 Å². The summed E-state index contributed by atoms with van der Waals surface area (Å²) in [5.74, 6) is -1.28. The molecule has 0 bridgehead atoms. The summed E-state index contributed by atoms with van der Waals surface area (Å²) in [7, 11) is -2.55. The molecule has 9 heteroatoms. The molecule has 1 heterocycles. The number of rotatable bonds is 6. The van der Waals surface area contributed by atoms with E-state index in [1.54, 1.807) is 6.92 Å². The van der Waals surface area contributed by atoms with Crippen LogP contribution in [0, 0.1) is 6.92 Å². The molecule has 1 aromatic heterocycles. The van der Waals surface area contributed by atoms with Gasteiger partial charge in [0.2, 0.25) is 0 Å². The molecule has 1 unspecified atom stereocenters. The third-order valence-electron chi connectivity index (χ3n) is 2.03. The molecule has 0 radical (unpaired) electrons. The number of carboxylic acids is 1. The lowest BCUT2D eigenvalue weighted by atomic mass is 10.3. The number of aliphatic carboxylic acids is 1. The summed E-state index contributed by atoms with van der Waals surface area (Å²) in [6.45, 7) is 1.52. The summed E-state index contributed by atoms with van der Waals surface area (Å²) in [6, 6.07) is 0.171. The summed E-state index contributed by atoms with van der Waals surface area (Å²) in [4.78, 5) is 10.9. The number of hydrogen-bond acceptors (Lipinski definition) is 5. The molecule has 1 rings (SSSR count). The second-order valence-electron chi connectivity index (χ2n) is 3.49. The van der Waals surface area contributed by atoms with Crippen molar-refractivity contribution in [2.45, 2.75) is 17.2 Å². The fourth-order valence-electron chi connectivity index (χ4n) is 1.13. The first kappa shape index (κ1) is 15.6. The Labute approximate surface area is 117 Å². The van der Waals surface area contributed by atoms with Crippen molar-refractivity contribution >= 4 is 43.3 Å². The van der Waals surface area contributed by atoms with Crippen LogP contribution in [-0.4, -0.2) is 39.3 Å². The maximum atomic E-state index is 11.9. The maximum absolute atomic E-state index is 11.9. The minimum atomic E-state index is -3.85. The van der Waals surface area contributed by atoms with Crippen molar-refractivity contribution in [1.29, 1.82) is 0 Å². The van der Waals surface area contributed by atoms with Gasteiger partial charge in [-0.1, -0.05) is 0 Å². The van der Waals surface area contributed by atoms with Crippen LogP contribution in [0.5, 0.6) is 0 Å². The van der Waals surface area contributed by atoms with Crippen LogP contribution in [0.4, 0.5) is 0 Å². The molecule has 0 amide bonds. The van der Waals surface area contributed by atoms with E-state index in [1.165, 1.54) is 13.2 Å². The molecule has 0 fully saturated rings. The van der Waals surface area contributed by atoms with Gasteiger partial charge >= 0.3 is 5.97 Å². The van der Waals surface area contributed by atoms with Crippen LogP contribution in [0.1, 0.15) is 5.56 Å². The molecular weight excluding hydrogens is 346 g/mol. The van der Waals surface area contributed by atoms with Gasteiger partial charge in [-0.05, 0) is 34.5 Å². The van der Waals surface area contributed by atoms with Gasteiger partial charge in [0, 0.05) is 7.11 Å². The predicted molar refractivity (Wildman–Crippen MR) is 70.4 cm³/mol. The molecule has 0 saturated heterocycles. The van der Waals surface area contributed by atoms with Gasteiger partial charge in [-0.3, -0.25) is 4.79 Å². The number of sulfonamides is 1. The van der Waals surface area contributed by atoms with E-state index < -0.39 is 22.0 Å².